The number of aryl methyl sites for hydroxylation is 1. The average molecular weight is 292 g/mol. The summed E-state index contributed by atoms with van der Waals surface area (Å²) in [6.45, 7) is 1.88. The quantitative estimate of drug-likeness (QED) is 0.771. The summed E-state index contributed by atoms with van der Waals surface area (Å²) in [5.74, 6) is 0. The Hall–Kier alpha value is -3.08. The molecule has 0 aliphatic heterocycles. The van der Waals surface area contributed by atoms with Crippen LogP contribution in [0.5, 0.6) is 0 Å². The summed E-state index contributed by atoms with van der Waals surface area (Å²) in [7, 11) is 0. The van der Waals surface area contributed by atoms with E-state index in [0.29, 0.717) is 5.69 Å². The fourth-order valence-electron chi connectivity index (χ4n) is 2.14. The highest BCUT2D eigenvalue weighted by Crippen LogP contribution is 2.14. The van der Waals surface area contributed by atoms with Crippen molar-refractivity contribution in [3.63, 3.8) is 0 Å². The molecule has 5 nitrogen and oxygen atoms in total. The standard InChI is InChI=1S/C17H16N4O/c1-13-12-15(8-9-18-13)20-17(22)19-14-4-6-16(7-5-14)21-10-2-3-11-21/h2-12H,1H3,(H2,18,19,20,22). The molecule has 0 saturated carbocycles. The predicted molar refractivity (Wildman–Crippen MR) is 87.4 cm³/mol. The van der Waals surface area contributed by atoms with Gasteiger partial charge in [-0.05, 0) is 55.5 Å². The number of benzene rings is 1. The molecule has 0 fully saturated rings. The number of carbonyl (C=O) groups is 1. The fourth-order valence-corrected chi connectivity index (χ4v) is 2.14. The monoisotopic (exact) mass is 292 g/mol. The highest BCUT2D eigenvalue weighted by Gasteiger charge is 2.03. The van der Waals surface area contributed by atoms with Crippen molar-refractivity contribution in [3.8, 4) is 5.69 Å². The Morgan fingerprint density at radius 3 is 2.36 bits per heavy atom. The zero-order valence-corrected chi connectivity index (χ0v) is 12.2. The molecular weight excluding hydrogens is 276 g/mol. The molecule has 0 spiro atoms. The van der Waals surface area contributed by atoms with Gasteiger partial charge in [0.25, 0.3) is 0 Å². The molecule has 110 valence electrons. The van der Waals surface area contributed by atoms with Crippen LogP contribution in [0.3, 0.4) is 0 Å². The van der Waals surface area contributed by atoms with E-state index in [1.165, 1.54) is 0 Å². The number of urea groups is 1. The maximum Gasteiger partial charge on any atom is 0.323 e. The lowest BCUT2D eigenvalue weighted by molar-refractivity contribution is 0.262. The van der Waals surface area contributed by atoms with E-state index < -0.39 is 0 Å². The molecule has 3 rings (SSSR count). The van der Waals surface area contributed by atoms with Gasteiger partial charge in [-0.3, -0.25) is 4.98 Å². The third-order valence-electron chi connectivity index (χ3n) is 3.18. The van der Waals surface area contributed by atoms with Crippen LogP contribution in [-0.4, -0.2) is 15.6 Å². The molecular formula is C17H16N4O. The number of nitrogens with one attached hydrogen (secondary N) is 2. The van der Waals surface area contributed by atoms with Crippen molar-refractivity contribution < 1.29 is 4.79 Å². The lowest BCUT2D eigenvalue weighted by atomic mass is 10.3. The largest absolute Gasteiger partial charge is 0.324 e. The Morgan fingerprint density at radius 2 is 1.68 bits per heavy atom. The minimum atomic E-state index is -0.278. The number of pyridine rings is 1. The predicted octanol–water partition coefficient (Wildman–Crippen LogP) is 3.82. The van der Waals surface area contributed by atoms with E-state index in [-0.39, 0.29) is 6.03 Å². The highest BCUT2D eigenvalue weighted by atomic mass is 16.2. The van der Waals surface area contributed by atoms with E-state index in [2.05, 4.69) is 15.6 Å². The Labute approximate surface area is 128 Å². The van der Waals surface area contributed by atoms with Crippen LogP contribution in [0.2, 0.25) is 0 Å². The van der Waals surface area contributed by atoms with E-state index in [4.69, 9.17) is 0 Å². The van der Waals surface area contributed by atoms with Crippen LogP contribution in [-0.2, 0) is 0 Å². The van der Waals surface area contributed by atoms with Gasteiger partial charge in [-0.25, -0.2) is 4.79 Å². The summed E-state index contributed by atoms with van der Waals surface area (Å²) in [4.78, 5) is 16.1. The fraction of sp³-hybridized carbons (Fsp3) is 0.0588. The highest BCUT2D eigenvalue weighted by molar-refractivity contribution is 5.99. The van der Waals surface area contributed by atoms with Crippen molar-refractivity contribution in [2.24, 2.45) is 0 Å². The van der Waals surface area contributed by atoms with E-state index in [0.717, 1.165) is 17.1 Å². The van der Waals surface area contributed by atoms with Crippen LogP contribution in [0.4, 0.5) is 16.2 Å². The van der Waals surface area contributed by atoms with Gasteiger partial charge in [-0.15, -0.1) is 0 Å². The number of hydrogen-bond acceptors (Lipinski definition) is 2. The number of amides is 2. The first-order valence-corrected chi connectivity index (χ1v) is 6.95. The van der Waals surface area contributed by atoms with Crippen LogP contribution in [0.25, 0.3) is 5.69 Å². The SMILES string of the molecule is Cc1cc(NC(=O)Nc2ccc(-n3cccc3)cc2)ccn1. The maximum atomic E-state index is 12.0. The van der Waals surface area contributed by atoms with Crippen molar-refractivity contribution in [1.29, 1.82) is 0 Å². The molecule has 0 atom stereocenters. The number of aromatic nitrogens is 2. The molecule has 0 aliphatic carbocycles. The molecule has 1 aromatic carbocycles. The van der Waals surface area contributed by atoms with Gasteiger partial charge in [-0.2, -0.15) is 0 Å². The average Bonchev–Trinajstić information content (AvgIpc) is 3.02. The number of rotatable bonds is 3. The smallest absolute Gasteiger partial charge is 0.323 e. The van der Waals surface area contributed by atoms with Crippen LogP contribution < -0.4 is 10.6 Å². The van der Waals surface area contributed by atoms with Crippen LogP contribution >= 0.6 is 0 Å². The molecule has 3 aromatic rings. The van der Waals surface area contributed by atoms with Gasteiger partial charge in [0.15, 0.2) is 0 Å². The van der Waals surface area contributed by atoms with Crippen molar-refractivity contribution >= 4 is 17.4 Å². The maximum absolute atomic E-state index is 12.0. The first kappa shape index (κ1) is 13.9. The molecule has 5 heteroatoms. The van der Waals surface area contributed by atoms with Gasteiger partial charge in [0, 0.05) is 41.3 Å². The third-order valence-corrected chi connectivity index (χ3v) is 3.18. The normalized spacial score (nSPS) is 10.2. The first-order chi connectivity index (χ1) is 10.7. The summed E-state index contributed by atoms with van der Waals surface area (Å²) in [6.07, 6.45) is 5.61. The van der Waals surface area contributed by atoms with Crippen molar-refractivity contribution in [3.05, 3.63) is 72.8 Å². The number of carbonyl (C=O) groups excluding carboxylic acids is 1. The van der Waals surface area contributed by atoms with E-state index >= 15 is 0 Å². The van der Waals surface area contributed by atoms with Crippen molar-refractivity contribution in [2.45, 2.75) is 6.92 Å². The third kappa shape index (κ3) is 3.32. The molecule has 0 aliphatic rings. The zero-order chi connectivity index (χ0) is 15.4. The summed E-state index contributed by atoms with van der Waals surface area (Å²) < 4.78 is 2.00. The van der Waals surface area contributed by atoms with Crippen LogP contribution in [0.1, 0.15) is 5.69 Å². The molecule has 2 heterocycles. The zero-order valence-electron chi connectivity index (χ0n) is 12.2. The second kappa shape index (κ2) is 6.13. The molecule has 0 bridgehead atoms. The van der Waals surface area contributed by atoms with Gasteiger partial charge >= 0.3 is 6.03 Å². The number of nitrogens with zero attached hydrogens (tertiary/aromatic N) is 2. The molecule has 2 N–H and O–H groups in total. The first-order valence-electron chi connectivity index (χ1n) is 6.95. The van der Waals surface area contributed by atoms with Gasteiger partial charge < -0.3 is 15.2 Å². The topological polar surface area (TPSA) is 59.0 Å². The minimum absolute atomic E-state index is 0.278. The van der Waals surface area contributed by atoms with Gasteiger partial charge in [0.1, 0.15) is 0 Å². The van der Waals surface area contributed by atoms with Crippen molar-refractivity contribution in [1.82, 2.24) is 9.55 Å². The molecule has 0 radical (unpaired) electrons. The van der Waals surface area contributed by atoms with Gasteiger partial charge in [0.05, 0.1) is 0 Å². The second-order valence-electron chi connectivity index (χ2n) is 4.90. The van der Waals surface area contributed by atoms with Gasteiger partial charge in [-0.1, -0.05) is 0 Å². The summed E-state index contributed by atoms with van der Waals surface area (Å²) in [6, 6.07) is 14.9. The number of anilines is 2. The second-order valence-corrected chi connectivity index (χ2v) is 4.90. The molecule has 2 amide bonds. The van der Waals surface area contributed by atoms with Crippen LogP contribution in [0.15, 0.2) is 67.1 Å². The molecule has 2 aromatic heterocycles. The Morgan fingerprint density at radius 1 is 1.00 bits per heavy atom. The number of hydrogen-bond donors (Lipinski definition) is 2. The van der Waals surface area contributed by atoms with E-state index in [1.807, 2.05) is 66.3 Å². The lowest BCUT2D eigenvalue weighted by Gasteiger charge is -2.09. The molecule has 0 unspecified atom stereocenters. The molecule has 22 heavy (non-hydrogen) atoms. The van der Waals surface area contributed by atoms with Crippen LogP contribution in [0, 0.1) is 6.92 Å². The molecule has 0 saturated heterocycles. The lowest BCUT2D eigenvalue weighted by Crippen LogP contribution is -2.19. The van der Waals surface area contributed by atoms with E-state index in [9.17, 15) is 4.79 Å². The summed E-state index contributed by atoms with van der Waals surface area (Å²) >= 11 is 0. The minimum Gasteiger partial charge on any atom is -0.324 e. The Kier molecular flexibility index (Phi) is 3.87. The van der Waals surface area contributed by atoms with E-state index in [1.54, 1.807) is 12.3 Å². The van der Waals surface area contributed by atoms with Crippen molar-refractivity contribution in [2.75, 3.05) is 10.6 Å². The summed E-state index contributed by atoms with van der Waals surface area (Å²) in [5.41, 5.74) is 3.35. The Bertz CT molecular complexity index is 764. The Balaban J connectivity index is 1.64. The summed E-state index contributed by atoms with van der Waals surface area (Å²) in [5, 5.41) is 5.58. The van der Waals surface area contributed by atoms with Gasteiger partial charge in [0.2, 0.25) is 0 Å².